The third kappa shape index (κ3) is 6.80. The van der Waals surface area contributed by atoms with Crippen molar-refractivity contribution >= 4 is 22.9 Å². The lowest BCUT2D eigenvalue weighted by Gasteiger charge is -2.19. The second-order valence-corrected chi connectivity index (χ2v) is 9.37. The minimum absolute atomic E-state index is 0.231. The number of aromatic nitrogens is 2. The van der Waals surface area contributed by atoms with Gasteiger partial charge in [0, 0.05) is 18.7 Å². The van der Waals surface area contributed by atoms with E-state index in [1.54, 1.807) is 57.2 Å². The van der Waals surface area contributed by atoms with Crippen molar-refractivity contribution in [1.82, 2.24) is 20.0 Å². The largest absolute Gasteiger partial charge is 0.444 e. The van der Waals surface area contributed by atoms with Crippen molar-refractivity contribution in [1.29, 1.82) is 0 Å². The van der Waals surface area contributed by atoms with Gasteiger partial charge in [0.05, 0.1) is 23.0 Å². The number of hydrogen-bond acceptors (Lipinski definition) is 6. The van der Waals surface area contributed by atoms with Crippen molar-refractivity contribution in [3.8, 4) is 22.4 Å². The second kappa shape index (κ2) is 10.5. The van der Waals surface area contributed by atoms with Crippen LogP contribution in [0, 0.1) is 5.82 Å². The summed E-state index contributed by atoms with van der Waals surface area (Å²) in [5.41, 5.74) is 6.79. The lowest BCUT2D eigenvalue weighted by Crippen LogP contribution is -2.36. The second-order valence-electron chi connectivity index (χ2n) is 8.11. The standard InChI is InChI=1S/C23H26FN5O3S/c1-23(2,3)32-22(30)26-10-11-29-33(31)20-7-5-4-6-16(20)15-8-9-17(18(24)12-15)19-13-28-21(25)14-27-19/h4-9,12-14,29H,10-11H2,1-3H3,(H2,25,28)(H,26,30). The number of carbonyl (C=O) groups is 1. The fourth-order valence-electron chi connectivity index (χ4n) is 2.93. The smallest absolute Gasteiger partial charge is 0.407 e. The highest BCUT2D eigenvalue weighted by atomic mass is 32.2. The summed E-state index contributed by atoms with van der Waals surface area (Å²) < 4.78 is 35.7. The number of nitrogens with zero attached hydrogens (tertiary/aromatic N) is 2. The Morgan fingerprint density at radius 2 is 1.85 bits per heavy atom. The molecular weight excluding hydrogens is 445 g/mol. The minimum atomic E-state index is -1.58. The molecule has 0 saturated heterocycles. The van der Waals surface area contributed by atoms with Crippen LogP contribution in [-0.4, -0.2) is 39.0 Å². The maximum Gasteiger partial charge on any atom is 0.407 e. The molecule has 174 valence electrons. The number of halogens is 1. The van der Waals surface area contributed by atoms with Crippen LogP contribution >= 0.6 is 0 Å². The first kappa shape index (κ1) is 24.3. The average molecular weight is 472 g/mol. The summed E-state index contributed by atoms with van der Waals surface area (Å²) in [6.45, 7) is 5.80. The summed E-state index contributed by atoms with van der Waals surface area (Å²) in [6.07, 6.45) is 2.23. The van der Waals surface area contributed by atoms with Gasteiger partial charge in [-0.25, -0.2) is 23.1 Å². The first-order chi connectivity index (χ1) is 15.6. The van der Waals surface area contributed by atoms with Crippen molar-refractivity contribution in [3.63, 3.8) is 0 Å². The Balaban J connectivity index is 1.70. The van der Waals surface area contributed by atoms with Gasteiger partial charge in [-0.3, -0.25) is 4.98 Å². The first-order valence-electron chi connectivity index (χ1n) is 10.2. The lowest BCUT2D eigenvalue weighted by atomic mass is 10.0. The molecule has 1 amide bonds. The molecule has 0 aliphatic carbocycles. The Morgan fingerprint density at radius 1 is 1.09 bits per heavy atom. The summed E-state index contributed by atoms with van der Waals surface area (Å²) in [6, 6.07) is 11.7. The number of benzene rings is 2. The van der Waals surface area contributed by atoms with Gasteiger partial charge < -0.3 is 15.8 Å². The van der Waals surface area contributed by atoms with Crippen LogP contribution < -0.4 is 15.8 Å². The lowest BCUT2D eigenvalue weighted by molar-refractivity contribution is 0.0529. The number of carbonyl (C=O) groups excluding carboxylic acids is 1. The summed E-state index contributed by atoms with van der Waals surface area (Å²) in [5.74, 6) is -0.234. The van der Waals surface area contributed by atoms with Crippen LogP contribution in [0.5, 0.6) is 0 Å². The predicted octanol–water partition coefficient (Wildman–Crippen LogP) is 3.67. The molecule has 0 radical (unpaired) electrons. The third-order valence-corrected chi connectivity index (χ3v) is 5.56. The summed E-state index contributed by atoms with van der Waals surface area (Å²) in [5, 5.41) is 2.60. The van der Waals surface area contributed by atoms with Gasteiger partial charge in [0.2, 0.25) is 0 Å². The zero-order valence-electron chi connectivity index (χ0n) is 18.6. The van der Waals surface area contributed by atoms with Crippen LogP contribution in [0.15, 0.2) is 59.8 Å². The molecule has 0 saturated carbocycles. The van der Waals surface area contributed by atoms with E-state index in [0.29, 0.717) is 21.7 Å². The molecule has 33 heavy (non-hydrogen) atoms. The quantitative estimate of drug-likeness (QED) is 0.453. The number of nitrogen functional groups attached to an aromatic ring is 1. The number of nitrogens with two attached hydrogens (primary N) is 1. The fourth-order valence-corrected chi connectivity index (χ4v) is 3.97. The predicted molar refractivity (Wildman–Crippen MR) is 126 cm³/mol. The van der Waals surface area contributed by atoms with E-state index in [0.717, 1.165) is 0 Å². The number of amides is 1. The highest BCUT2D eigenvalue weighted by Gasteiger charge is 2.16. The summed E-state index contributed by atoms with van der Waals surface area (Å²) in [7, 11) is -1.58. The van der Waals surface area contributed by atoms with Crippen LogP contribution in [-0.2, 0) is 15.7 Å². The van der Waals surface area contributed by atoms with E-state index in [1.165, 1.54) is 18.5 Å². The first-order valence-corrected chi connectivity index (χ1v) is 11.4. The van der Waals surface area contributed by atoms with E-state index < -0.39 is 28.5 Å². The number of hydrogen-bond donors (Lipinski definition) is 3. The number of rotatable bonds is 7. The Kier molecular flexibility index (Phi) is 7.72. The van der Waals surface area contributed by atoms with E-state index in [9.17, 15) is 13.4 Å². The highest BCUT2D eigenvalue weighted by molar-refractivity contribution is 7.83. The van der Waals surface area contributed by atoms with Crippen molar-refractivity contribution in [2.75, 3.05) is 18.8 Å². The molecule has 3 aromatic rings. The molecule has 0 aliphatic rings. The topological polar surface area (TPSA) is 119 Å². The SMILES string of the molecule is CC(C)(C)OC(=O)NCCNS(=O)c1ccccc1-c1ccc(-c2cnc(N)cn2)c(F)c1. The Bertz CT molecular complexity index is 1150. The van der Waals surface area contributed by atoms with Gasteiger partial charge >= 0.3 is 6.09 Å². The molecule has 4 N–H and O–H groups in total. The van der Waals surface area contributed by atoms with Crippen molar-refractivity contribution in [2.45, 2.75) is 31.3 Å². The zero-order chi connectivity index (χ0) is 24.0. The van der Waals surface area contributed by atoms with Gasteiger partial charge in [-0.2, -0.15) is 0 Å². The molecule has 1 heterocycles. The van der Waals surface area contributed by atoms with E-state index in [1.807, 2.05) is 0 Å². The molecule has 8 nitrogen and oxygen atoms in total. The number of alkyl carbamates (subject to hydrolysis) is 1. The van der Waals surface area contributed by atoms with E-state index in [4.69, 9.17) is 10.5 Å². The zero-order valence-corrected chi connectivity index (χ0v) is 19.4. The van der Waals surface area contributed by atoms with Gasteiger partial charge in [0.15, 0.2) is 0 Å². The van der Waals surface area contributed by atoms with Crippen LogP contribution in [0.4, 0.5) is 15.0 Å². The molecular formula is C23H26FN5O3S. The summed E-state index contributed by atoms with van der Waals surface area (Å²) >= 11 is 0. The Morgan fingerprint density at radius 3 is 2.52 bits per heavy atom. The molecule has 1 atom stereocenters. The van der Waals surface area contributed by atoms with Crippen molar-refractivity contribution in [2.24, 2.45) is 0 Å². The number of ether oxygens (including phenoxy) is 1. The molecule has 2 aromatic carbocycles. The monoisotopic (exact) mass is 471 g/mol. The van der Waals surface area contributed by atoms with E-state index in [2.05, 4.69) is 20.0 Å². The Labute approximate surface area is 194 Å². The fraction of sp³-hybridized carbons (Fsp3) is 0.261. The molecule has 3 rings (SSSR count). The molecule has 0 fully saturated rings. The average Bonchev–Trinajstić information content (AvgIpc) is 2.76. The number of anilines is 1. The van der Waals surface area contributed by atoms with E-state index >= 15 is 0 Å². The highest BCUT2D eigenvalue weighted by Crippen LogP contribution is 2.30. The third-order valence-electron chi connectivity index (χ3n) is 4.34. The molecule has 0 spiro atoms. The van der Waals surface area contributed by atoms with Gasteiger partial charge in [0.25, 0.3) is 0 Å². The minimum Gasteiger partial charge on any atom is -0.444 e. The van der Waals surface area contributed by atoms with E-state index in [-0.39, 0.29) is 24.5 Å². The van der Waals surface area contributed by atoms with Gasteiger partial charge in [-0.05, 0) is 50.1 Å². The molecule has 1 unspecified atom stereocenters. The maximum atomic E-state index is 14.9. The van der Waals surface area contributed by atoms with Crippen LogP contribution in [0.25, 0.3) is 22.4 Å². The molecule has 10 heteroatoms. The normalized spacial score (nSPS) is 12.2. The maximum absolute atomic E-state index is 14.9. The van der Waals surface area contributed by atoms with Crippen LogP contribution in [0.2, 0.25) is 0 Å². The molecule has 0 bridgehead atoms. The van der Waals surface area contributed by atoms with Crippen molar-refractivity contribution in [3.05, 3.63) is 60.7 Å². The summed E-state index contributed by atoms with van der Waals surface area (Å²) in [4.78, 5) is 20.2. The number of nitrogens with one attached hydrogen (secondary N) is 2. The van der Waals surface area contributed by atoms with Gasteiger partial charge in [-0.15, -0.1) is 0 Å². The Hall–Kier alpha value is -3.37. The van der Waals surface area contributed by atoms with Crippen LogP contribution in [0.1, 0.15) is 20.8 Å². The van der Waals surface area contributed by atoms with Crippen molar-refractivity contribution < 1.29 is 18.1 Å². The van der Waals surface area contributed by atoms with Gasteiger partial charge in [-0.1, -0.05) is 24.3 Å². The molecule has 0 aliphatic heterocycles. The van der Waals surface area contributed by atoms with Crippen LogP contribution in [0.3, 0.4) is 0 Å². The molecule has 1 aromatic heterocycles. The van der Waals surface area contributed by atoms with Gasteiger partial charge in [0.1, 0.15) is 28.2 Å².